The van der Waals surface area contributed by atoms with Crippen LogP contribution in [0.15, 0.2) is 18.2 Å². The number of hydrogen-bond acceptors (Lipinski definition) is 2. The minimum absolute atomic E-state index is 0.191. The molecule has 0 aliphatic rings. The maximum Gasteiger partial charge on any atom is 0.404 e. The number of benzene rings is 1. The second-order valence-corrected chi connectivity index (χ2v) is 2.83. The maximum absolute atomic E-state index is 13.1. The highest BCUT2D eigenvalue weighted by Gasteiger charge is 2.02. The standard InChI is InChI=1S/C9H11FN2O2/c10-8-5-7(11)2-1-6(8)3-4-12-9(13)14/h1-2,5,12H,3-4,11H2,(H,13,14). The van der Waals surface area contributed by atoms with Gasteiger partial charge >= 0.3 is 6.09 Å². The van der Waals surface area contributed by atoms with Gasteiger partial charge in [-0.05, 0) is 24.1 Å². The molecule has 1 aromatic rings. The highest BCUT2D eigenvalue weighted by Crippen LogP contribution is 2.11. The van der Waals surface area contributed by atoms with Crippen LogP contribution in [-0.4, -0.2) is 17.7 Å². The molecule has 0 aromatic heterocycles. The summed E-state index contributed by atoms with van der Waals surface area (Å²) in [4.78, 5) is 10.1. The smallest absolute Gasteiger partial charge is 0.404 e. The fourth-order valence-electron chi connectivity index (χ4n) is 1.07. The highest BCUT2D eigenvalue weighted by atomic mass is 19.1. The first kappa shape index (κ1) is 10.3. The molecule has 4 nitrogen and oxygen atoms in total. The number of nitrogen functional groups attached to an aromatic ring is 1. The lowest BCUT2D eigenvalue weighted by molar-refractivity contribution is 0.194. The van der Waals surface area contributed by atoms with E-state index in [1.165, 1.54) is 6.07 Å². The van der Waals surface area contributed by atoms with Crippen molar-refractivity contribution in [1.82, 2.24) is 5.32 Å². The summed E-state index contributed by atoms with van der Waals surface area (Å²) in [5.41, 5.74) is 6.17. The average molecular weight is 198 g/mol. The van der Waals surface area contributed by atoms with Crippen molar-refractivity contribution in [1.29, 1.82) is 0 Å². The van der Waals surface area contributed by atoms with Crippen LogP contribution in [0.1, 0.15) is 5.56 Å². The predicted octanol–water partition coefficient (Wildman–Crippen LogP) is 1.22. The van der Waals surface area contributed by atoms with Crippen LogP contribution in [0.25, 0.3) is 0 Å². The molecule has 1 amide bonds. The first-order valence-electron chi connectivity index (χ1n) is 4.10. The average Bonchev–Trinajstić information content (AvgIpc) is 2.08. The van der Waals surface area contributed by atoms with E-state index < -0.39 is 11.9 Å². The van der Waals surface area contributed by atoms with Gasteiger partial charge in [-0.25, -0.2) is 9.18 Å². The van der Waals surface area contributed by atoms with Gasteiger partial charge in [-0.1, -0.05) is 6.07 Å². The minimum atomic E-state index is -1.11. The molecule has 0 radical (unpaired) electrons. The Kier molecular flexibility index (Phi) is 3.28. The van der Waals surface area contributed by atoms with E-state index in [1.807, 2.05) is 0 Å². The Morgan fingerprint density at radius 2 is 2.29 bits per heavy atom. The molecule has 4 N–H and O–H groups in total. The number of hydrogen-bond donors (Lipinski definition) is 3. The van der Waals surface area contributed by atoms with Crippen molar-refractivity contribution in [3.8, 4) is 0 Å². The SMILES string of the molecule is Nc1ccc(CCNC(=O)O)c(F)c1. The molecule has 1 aromatic carbocycles. The van der Waals surface area contributed by atoms with Gasteiger partial charge in [0.1, 0.15) is 5.82 Å². The second-order valence-electron chi connectivity index (χ2n) is 2.83. The van der Waals surface area contributed by atoms with Gasteiger partial charge in [0.15, 0.2) is 0 Å². The Labute approximate surface area is 80.5 Å². The monoisotopic (exact) mass is 198 g/mol. The van der Waals surface area contributed by atoms with Crippen LogP contribution in [0, 0.1) is 5.82 Å². The van der Waals surface area contributed by atoms with Crippen molar-refractivity contribution >= 4 is 11.8 Å². The number of nitrogens with one attached hydrogen (secondary N) is 1. The number of nitrogens with two attached hydrogens (primary N) is 1. The van der Waals surface area contributed by atoms with E-state index in [9.17, 15) is 9.18 Å². The van der Waals surface area contributed by atoms with Gasteiger partial charge in [0.25, 0.3) is 0 Å². The summed E-state index contributed by atoms with van der Waals surface area (Å²) >= 11 is 0. The molecule has 0 saturated carbocycles. The van der Waals surface area contributed by atoms with Crippen molar-refractivity contribution in [2.75, 3.05) is 12.3 Å². The van der Waals surface area contributed by atoms with E-state index in [4.69, 9.17) is 10.8 Å². The van der Waals surface area contributed by atoms with Gasteiger partial charge in [-0.2, -0.15) is 0 Å². The molecular weight excluding hydrogens is 187 g/mol. The molecule has 1 rings (SSSR count). The lowest BCUT2D eigenvalue weighted by atomic mass is 10.1. The van der Waals surface area contributed by atoms with Crippen molar-refractivity contribution in [2.45, 2.75) is 6.42 Å². The van der Waals surface area contributed by atoms with Gasteiger partial charge in [0.05, 0.1) is 0 Å². The van der Waals surface area contributed by atoms with Gasteiger partial charge in [0, 0.05) is 12.2 Å². The van der Waals surface area contributed by atoms with E-state index in [-0.39, 0.29) is 6.54 Å². The minimum Gasteiger partial charge on any atom is -0.465 e. The van der Waals surface area contributed by atoms with Crippen molar-refractivity contribution < 1.29 is 14.3 Å². The summed E-state index contributed by atoms with van der Waals surface area (Å²) in [7, 11) is 0. The van der Waals surface area contributed by atoms with Gasteiger partial charge in [-0.15, -0.1) is 0 Å². The zero-order chi connectivity index (χ0) is 10.6. The molecule has 0 heterocycles. The molecule has 14 heavy (non-hydrogen) atoms. The van der Waals surface area contributed by atoms with Gasteiger partial charge in [0.2, 0.25) is 0 Å². The summed E-state index contributed by atoms with van der Waals surface area (Å²) in [5.74, 6) is -0.405. The number of amides is 1. The topological polar surface area (TPSA) is 75.3 Å². The zero-order valence-corrected chi connectivity index (χ0v) is 7.46. The van der Waals surface area contributed by atoms with Crippen LogP contribution in [0.4, 0.5) is 14.9 Å². The normalized spacial score (nSPS) is 9.79. The van der Waals surface area contributed by atoms with E-state index in [1.54, 1.807) is 12.1 Å². The molecule has 0 aliphatic carbocycles. The fraction of sp³-hybridized carbons (Fsp3) is 0.222. The third kappa shape index (κ3) is 2.93. The third-order valence-corrected chi connectivity index (χ3v) is 1.75. The lowest BCUT2D eigenvalue weighted by Crippen LogP contribution is -2.23. The molecule has 0 unspecified atom stereocenters. The van der Waals surface area contributed by atoms with Crippen molar-refractivity contribution in [3.05, 3.63) is 29.6 Å². The fourth-order valence-corrected chi connectivity index (χ4v) is 1.07. The van der Waals surface area contributed by atoms with Gasteiger partial charge < -0.3 is 16.2 Å². The van der Waals surface area contributed by atoms with Gasteiger partial charge in [-0.3, -0.25) is 0 Å². The Bertz CT molecular complexity index is 342. The number of carboxylic acid groups (broad SMARTS) is 1. The second kappa shape index (κ2) is 4.45. The Morgan fingerprint density at radius 3 is 2.86 bits per heavy atom. The van der Waals surface area contributed by atoms with Crippen LogP contribution >= 0.6 is 0 Å². The Balaban J connectivity index is 2.55. The molecule has 0 aliphatic heterocycles. The third-order valence-electron chi connectivity index (χ3n) is 1.75. The van der Waals surface area contributed by atoms with Crippen LogP contribution < -0.4 is 11.1 Å². The van der Waals surface area contributed by atoms with E-state index in [0.29, 0.717) is 17.7 Å². The molecule has 0 bridgehead atoms. The quantitative estimate of drug-likeness (QED) is 0.639. The zero-order valence-electron chi connectivity index (χ0n) is 7.46. The largest absolute Gasteiger partial charge is 0.465 e. The van der Waals surface area contributed by atoms with E-state index in [2.05, 4.69) is 5.32 Å². The first-order valence-corrected chi connectivity index (χ1v) is 4.10. The Hall–Kier alpha value is -1.78. The molecule has 0 atom stereocenters. The summed E-state index contributed by atoms with van der Waals surface area (Å²) in [6.07, 6.45) is -0.792. The summed E-state index contributed by atoms with van der Waals surface area (Å²) in [6, 6.07) is 4.35. The lowest BCUT2D eigenvalue weighted by Gasteiger charge is -2.03. The van der Waals surface area contributed by atoms with Crippen molar-refractivity contribution in [2.24, 2.45) is 0 Å². The molecule has 0 saturated heterocycles. The summed E-state index contributed by atoms with van der Waals surface area (Å²) < 4.78 is 13.1. The first-order chi connectivity index (χ1) is 6.59. The van der Waals surface area contributed by atoms with Crippen LogP contribution in [0.3, 0.4) is 0 Å². The summed E-state index contributed by atoms with van der Waals surface area (Å²) in [5, 5.41) is 10.4. The molecular formula is C9H11FN2O2. The van der Waals surface area contributed by atoms with Crippen LogP contribution in [-0.2, 0) is 6.42 Å². The molecule has 0 fully saturated rings. The van der Waals surface area contributed by atoms with E-state index in [0.717, 1.165) is 0 Å². The maximum atomic E-state index is 13.1. The number of anilines is 1. The van der Waals surface area contributed by atoms with Crippen LogP contribution in [0.5, 0.6) is 0 Å². The molecule has 0 spiro atoms. The summed E-state index contributed by atoms with van der Waals surface area (Å²) in [6.45, 7) is 0.191. The van der Waals surface area contributed by atoms with E-state index >= 15 is 0 Å². The molecule has 5 heteroatoms. The Morgan fingerprint density at radius 1 is 1.57 bits per heavy atom. The van der Waals surface area contributed by atoms with Crippen LogP contribution in [0.2, 0.25) is 0 Å². The van der Waals surface area contributed by atoms with Crippen molar-refractivity contribution in [3.63, 3.8) is 0 Å². The highest BCUT2D eigenvalue weighted by molar-refractivity contribution is 5.64. The predicted molar refractivity (Wildman–Crippen MR) is 50.5 cm³/mol. The molecule has 76 valence electrons. The number of halogens is 1. The number of rotatable bonds is 3. The number of carbonyl (C=O) groups is 1.